The second-order valence-corrected chi connectivity index (χ2v) is 6.78. The number of hydrogen-bond acceptors (Lipinski definition) is 3. The van der Waals surface area contributed by atoms with Crippen LogP contribution in [0, 0.1) is 18.3 Å². The van der Waals surface area contributed by atoms with Crippen molar-refractivity contribution in [3.05, 3.63) is 87.8 Å². The highest BCUT2D eigenvalue weighted by Crippen LogP contribution is 2.48. The van der Waals surface area contributed by atoms with Crippen molar-refractivity contribution in [2.45, 2.75) is 12.8 Å². The van der Waals surface area contributed by atoms with Crippen molar-refractivity contribution in [2.24, 2.45) is 10.7 Å². The number of nitrogens with zero attached hydrogens (tertiary/aromatic N) is 2. The van der Waals surface area contributed by atoms with E-state index in [0.717, 1.165) is 33.8 Å². The van der Waals surface area contributed by atoms with E-state index < -0.39 is 0 Å². The number of nitriles is 1. The van der Waals surface area contributed by atoms with Gasteiger partial charge in [0.15, 0.2) is 0 Å². The fraction of sp³-hybridized carbons (Fsp3) is 0.0909. The number of aryl methyl sites for hydroxylation is 1. The van der Waals surface area contributed by atoms with Gasteiger partial charge in [0, 0.05) is 21.4 Å². The molecule has 2 N–H and O–H groups in total. The van der Waals surface area contributed by atoms with Crippen LogP contribution in [0.5, 0.6) is 5.75 Å². The van der Waals surface area contributed by atoms with Crippen LogP contribution in [0.4, 0.5) is 0 Å². The number of allylic oxidation sites excluding steroid dienone is 1. The van der Waals surface area contributed by atoms with E-state index in [9.17, 15) is 5.26 Å². The summed E-state index contributed by atoms with van der Waals surface area (Å²) in [7, 11) is 0. The second kappa shape index (κ2) is 6.79. The van der Waals surface area contributed by atoms with Crippen molar-refractivity contribution in [3.63, 3.8) is 0 Å². The van der Waals surface area contributed by atoms with E-state index in [2.05, 4.69) is 11.1 Å². The largest absolute Gasteiger partial charge is 0.437 e. The van der Waals surface area contributed by atoms with Crippen molar-refractivity contribution in [2.75, 3.05) is 0 Å². The Morgan fingerprint density at radius 1 is 1.15 bits per heavy atom. The average Bonchev–Trinajstić information content (AvgIpc) is 2.69. The minimum atomic E-state index is -0.333. The van der Waals surface area contributed by atoms with E-state index in [-0.39, 0.29) is 11.8 Å². The van der Waals surface area contributed by atoms with Gasteiger partial charge in [0.25, 0.3) is 0 Å². The smallest absolute Gasteiger partial charge is 0.235 e. The summed E-state index contributed by atoms with van der Waals surface area (Å²) in [5.74, 6) is 0.533. The maximum atomic E-state index is 9.85. The first kappa shape index (κ1) is 17.1. The van der Waals surface area contributed by atoms with Crippen molar-refractivity contribution >= 4 is 28.7 Å². The molecule has 0 saturated carbocycles. The summed E-state index contributed by atoms with van der Waals surface area (Å²) in [5, 5.41) is 12.2. The van der Waals surface area contributed by atoms with Crippen molar-refractivity contribution < 1.29 is 4.74 Å². The van der Waals surface area contributed by atoms with E-state index in [4.69, 9.17) is 22.1 Å². The molecule has 0 amide bonds. The maximum Gasteiger partial charge on any atom is 0.235 e. The van der Waals surface area contributed by atoms with Crippen LogP contribution in [0.2, 0.25) is 5.02 Å². The number of hydrogen-bond donors (Lipinski definition) is 1. The molecule has 132 valence electrons. The molecule has 4 nitrogen and oxygen atoms in total. The quantitative estimate of drug-likeness (QED) is 0.504. The number of nitrogens with two attached hydrogens (primary N) is 1. The second-order valence-electron chi connectivity index (χ2n) is 6.38. The molecule has 1 aliphatic heterocycles. The lowest BCUT2D eigenvalue weighted by atomic mass is 9.82. The Morgan fingerprint density at radius 2 is 1.85 bits per heavy atom. The molecule has 1 aliphatic rings. The lowest BCUT2D eigenvalue weighted by Gasteiger charge is -2.28. The summed E-state index contributed by atoms with van der Waals surface area (Å²) in [6, 6.07) is 20.0. The molecule has 3 aromatic carbocycles. The van der Waals surface area contributed by atoms with Gasteiger partial charge in [0.05, 0.1) is 12.3 Å². The molecule has 0 fully saturated rings. The standard InChI is InChI=1S/C22H16ClN3O/c1-13-6-8-14(9-7-13)20-17-10-19(23)15-4-2-3-5-16(15)21(17)27-22(26-12-25)18(20)11-24/h2-10,12,20H,1H3,(H2,25,26). The van der Waals surface area contributed by atoms with E-state index >= 15 is 0 Å². The number of fused-ring (bicyclic) bond motifs is 3. The van der Waals surface area contributed by atoms with Gasteiger partial charge in [0.2, 0.25) is 5.88 Å². The molecule has 0 radical (unpaired) electrons. The Morgan fingerprint density at radius 3 is 2.52 bits per heavy atom. The monoisotopic (exact) mass is 373 g/mol. The van der Waals surface area contributed by atoms with Crippen LogP contribution in [0.1, 0.15) is 22.6 Å². The molecule has 1 heterocycles. The lowest BCUT2D eigenvalue weighted by Crippen LogP contribution is -2.16. The molecule has 0 bridgehead atoms. The zero-order valence-electron chi connectivity index (χ0n) is 14.6. The molecular weight excluding hydrogens is 358 g/mol. The zero-order chi connectivity index (χ0) is 19.0. The minimum absolute atomic E-state index is 0.213. The van der Waals surface area contributed by atoms with Gasteiger partial charge >= 0.3 is 0 Å². The van der Waals surface area contributed by atoms with Gasteiger partial charge in [-0.05, 0) is 18.6 Å². The molecule has 1 atom stereocenters. The number of aliphatic imine (C=N–C) groups is 1. The first-order valence-electron chi connectivity index (χ1n) is 8.48. The Bertz CT molecular complexity index is 1140. The van der Waals surface area contributed by atoms with Crippen LogP contribution in [0.25, 0.3) is 10.8 Å². The fourth-order valence-electron chi connectivity index (χ4n) is 3.46. The zero-order valence-corrected chi connectivity index (χ0v) is 15.4. The molecule has 0 spiro atoms. The highest BCUT2D eigenvalue weighted by molar-refractivity contribution is 6.36. The van der Waals surface area contributed by atoms with Crippen LogP contribution in [0.15, 0.2) is 71.0 Å². The first-order chi connectivity index (χ1) is 13.1. The number of rotatable bonds is 2. The lowest BCUT2D eigenvalue weighted by molar-refractivity contribution is 0.400. The van der Waals surface area contributed by atoms with Gasteiger partial charge in [-0.1, -0.05) is 65.7 Å². The molecule has 0 saturated heterocycles. The predicted molar refractivity (Wildman–Crippen MR) is 108 cm³/mol. The van der Waals surface area contributed by atoms with E-state index in [1.807, 2.05) is 61.5 Å². The SMILES string of the molecule is Cc1ccc(C2C(C#N)=C(N=CN)Oc3c2cc(Cl)c2ccccc32)cc1. The number of halogens is 1. The maximum absolute atomic E-state index is 9.85. The van der Waals surface area contributed by atoms with Crippen LogP contribution < -0.4 is 10.5 Å². The molecule has 1 unspecified atom stereocenters. The third kappa shape index (κ3) is 2.83. The first-order valence-corrected chi connectivity index (χ1v) is 8.86. The van der Waals surface area contributed by atoms with E-state index in [0.29, 0.717) is 16.3 Å². The average molecular weight is 374 g/mol. The molecule has 0 aromatic heterocycles. The predicted octanol–water partition coefficient (Wildman–Crippen LogP) is 5.05. The highest BCUT2D eigenvalue weighted by Gasteiger charge is 2.33. The van der Waals surface area contributed by atoms with Gasteiger partial charge in [0.1, 0.15) is 17.4 Å². The van der Waals surface area contributed by atoms with Crippen LogP contribution >= 0.6 is 11.6 Å². The molecule has 3 aromatic rings. The van der Waals surface area contributed by atoms with Crippen molar-refractivity contribution in [1.29, 1.82) is 5.26 Å². The molecular formula is C22H16ClN3O. The molecule has 27 heavy (non-hydrogen) atoms. The van der Waals surface area contributed by atoms with Crippen LogP contribution in [-0.4, -0.2) is 6.34 Å². The number of benzene rings is 3. The Balaban J connectivity index is 2.06. The third-order valence-corrected chi connectivity index (χ3v) is 5.04. The minimum Gasteiger partial charge on any atom is -0.437 e. The van der Waals surface area contributed by atoms with Crippen molar-refractivity contribution in [1.82, 2.24) is 0 Å². The summed E-state index contributed by atoms with van der Waals surface area (Å²) >= 11 is 6.56. The van der Waals surface area contributed by atoms with Gasteiger partial charge in [-0.3, -0.25) is 0 Å². The van der Waals surface area contributed by atoms with Gasteiger partial charge < -0.3 is 10.5 Å². The highest BCUT2D eigenvalue weighted by atomic mass is 35.5. The summed E-state index contributed by atoms with van der Waals surface area (Å²) in [5.41, 5.74) is 8.86. The number of ether oxygens (including phenoxy) is 1. The summed E-state index contributed by atoms with van der Waals surface area (Å²) < 4.78 is 6.04. The van der Waals surface area contributed by atoms with E-state index in [1.165, 1.54) is 0 Å². The summed E-state index contributed by atoms with van der Waals surface area (Å²) in [6.07, 6.45) is 1.14. The topological polar surface area (TPSA) is 71.4 Å². The Labute approximate surface area is 162 Å². The van der Waals surface area contributed by atoms with E-state index in [1.54, 1.807) is 0 Å². The van der Waals surface area contributed by atoms with Crippen LogP contribution in [-0.2, 0) is 0 Å². The summed E-state index contributed by atoms with van der Waals surface area (Å²) in [6.45, 7) is 2.03. The third-order valence-electron chi connectivity index (χ3n) is 4.73. The molecule has 4 rings (SSSR count). The van der Waals surface area contributed by atoms with Crippen LogP contribution in [0.3, 0.4) is 0 Å². The van der Waals surface area contributed by atoms with Gasteiger partial charge in [-0.25, -0.2) is 4.99 Å². The molecule has 5 heteroatoms. The Kier molecular flexibility index (Phi) is 4.31. The normalized spacial score (nSPS) is 16.3. The summed E-state index contributed by atoms with van der Waals surface area (Å²) in [4.78, 5) is 4.11. The van der Waals surface area contributed by atoms with Crippen molar-refractivity contribution in [3.8, 4) is 11.8 Å². The van der Waals surface area contributed by atoms with Gasteiger partial charge in [-0.2, -0.15) is 5.26 Å². The molecule has 0 aliphatic carbocycles. The fourth-order valence-corrected chi connectivity index (χ4v) is 3.75. The van der Waals surface area contributed by atoms with Gasteiger partial charge in [-0.15, -0.1) is 0 Å². The Hall–Kier alpha value is -3.29.